The molecule has 0 N–H and O–H groups in total. The molecule has 1 aromatic carbocycles. The summed E-state index contributed by atoms with van der Waals surface area (Å²) in [6, 6.07) is 5.46. The van der Waals surface area contributed by atoms with E-state index in [1.165, 1.54) is 32.1 Å². The van der Waals surface area contributed by atoms with E-state index < -0.39 is 0 Å². The van der Waals surface area contributed by atoms with Crippen molar-refractivity contribution in [2.75, 3.05) is 11.4 Å². The van der Waals surface area contributed by atoms with Crippen molar-refractivity contribution in [3.63, 3.8) is 0 Å². The van der Waals surface area contributed by atoms with Gasteiger partial charge < -0.3 is 4.90 Å². The van der Waals surface area contributed by atoms with E-state index in [4.69, 9.17) is 0 Å². The summed E-state index contributed by atoms with van der Waals surface area (Å²) >= 11 is 3.34. The highest BCUT2D eigenvalue weighted by molar-refractivity contribution is 9.10. The van der Waals surface area contributed by atoms with Crippen molar-refractivity contribution in [3.8, 4) is 0 Å². The van der Waals surface area contributed by atoms with Crippen LogP contribution in [0.2, 0.25) is 0 Å². The van der Waals surface area contributed by atoms with Crippen molar-refractivity contribution in [3.05, 3.63) is 28.2 Å². The molecule has 0 unspecified atom stereocenters. The number of nitrogens with zero attached hydrogens (tertiary/aromatic N) is 1. The molecule has 114 valence electrons. The minimum absolute atomic E-state index is 0.380. The van der Waals surface area contributed by atoms with Gasteiger partial charge in [0.2, 0.25) is 0 Å². The largest absolute Gasteiger partial charge is 0.305 e. The fraction of sp³-hybridized carbons (Fsp3) is 0.529. The molecule has 0 atom stereocenters. The van der Waals surface area contributed by atoms with Crippen LogP contribution in [0, 0.1) is 0 Å². The number of carbonyl (C=O) groups is 2. The van der Waals surface area contributed by atoms with Gasteiger partial charge in [-0.3, -0.25) is 9.59 Å². The van der Waals surface area contributed by atoms with Crippen molar-refractivity contribution in [1.29, 1.82) is 0 Å². The van der Waals surface area contributed by atoms with Crippen LogP contribution in [0.1, 0.15) is 62.2 Å². The van der Waals surface area contributed by atoms with E-state index in [-0.39, 0.29) is 11.7 Å². The smallest absolute Gasteiger partial charge is 0.299 e. The minimum Gasteiger partial charge on any atom is -0.305 e. The van der Waals surface area contributed by atoms with Gasteiger partial charge in [-0.05, 0) is 24.6 Å². The molecule has 1 heterocycles. The molecule has 4 heteroatoms. The zero-order valence-corrected chi connectivity index (χ0v) is 14.1. The summed E-state index contributed by atoms with van der Waals surface area (Å²) in [4.78, 5) is 25.6. The third kappa shape index (κ3) is 3.94. The Hall–Kier alpha value is -1.16. The second-order valence-electron chi connectivity index (χ2n) is 5.57. The molecule has 1 aliphatic rings. The lowest BCUT2D eigenvalue weighted by molar-refractivity contribution is -0.114. The summed E-state index contributed by atoms with van der Waals surface area (Å²) in [6.07, 6.45) is 8.42. The average Bonchev–Trinajstić information content (AvgIpc) is 2.71. The van der Waals surface area contributed by atoms with Gasteiger partial charge in [0.1, 0.15) is 0 Å². The summed E-state index contributed by atoms with van der Waals surface area (Å²) in [6.45, 7) is 2.86. The molecule has 1 aromatic rings. The number of anilines is 1. The fourth-order valence-electron chi connectivity index (χ4n) is 2.72. The highest BCUT2D eigenvalue weighted by atomic mass is 79.9. The third-order valence-corrected chi connectivity index (χ3v) is 4.41. The molecular weight excluding hydrogens is 330 g/mol. The van der Waals surface area contributed by atoms with E-state index in [0.29, 0.717) is 12.1 Å². The molecular formula is C17H22BrNO2. The highest BCUT2D eigenvalue weighted by Crippen LogP contribution is 2.31. The predicted molar refractivity (Wildman–Crippen MR) is 88.8 cm³/mol. The number of hydrogen-bond acceptors (Lipinski definition) is 2. The van der Waals surface area contributed by atoms with E-state index in [2.05, 4.69) is 22.9 Å². The number of Topliss-reactive ketones (excluding diaryl/α,β-unsaturated/α-hetero) is 1. The summed E-state index contributed by atoms with van der Waals surface area (Å²) in [5.74, 6) is -0.761. The molecule has 0 bridgehead atoms. The molecule has 0 spiro atoms. The van der Waals surface area contributed by atoms with Gasteiger partial charge in [-0.15, -0.1) is 0 Å². The van der Waals surface area contributed by atoms with Crippen molar-refractivity contribution in [2.45, 2.75) is 51.9 Å². The Labute approximate surface area is 134 Å². The standard InChI is InChI=1S/C17H22BrNO2/c1-2-3-4-5-6-7-8-11-19-15-10-9-13(18)12-14(15)16(20)17(19)21/h9-10,12H,2-8,11H2,1H3. The maximum atomic E-state index is 12.0. The second kappa shape index (κ2) is 7.74. The SMILES string of the molecule is CCCCCCCCCN1C(=O)C(=O)c2cc(Br)ccc21. The number of hydrogen-bond donors (Lipinski definition) is 0. The Bertz CT molecular complexity index is 528. The lowest BCUT2D eigenvalue weighted by Gasteiger charge is -2.16. The minimum atomic E-state index is -0.380. The van der Waals surface area contributed by atoms with E-state index in [1.54, 1.807) is 11.0 Å². The lowest BCUT2D eigenvalue weighted by atomic mass is 10.1. The number of ketones is 1. The summed E-state index contributed by atoms with van der Waals surface area (Å²) in [7, 11) is 0. The van der Waals surface area contributed by atoms with Gasteiger partial charge in [0.25, 0.3) is 11.7 Å². The molecule has 0 aliphatic carbocycles. The normalized spacial score (nSPS) is 13.9. The van der Waals surface area contributed by atoms with Crippen molar-refractivity contribution in [1.82, 2.24) is 0 Å². The number of unbranched alkanes of at least 4 members (excludes halogenated alkanes) is 6. The van der Waals surface area contributed by atoms with Crippen LogP contribution in [0.5, 0.6) is 0 Å². The number of halogens is 1. The Morgan fingerprint density at radius 3 is 2.38 bits per heavy atom. The number of rotatable bonds is 8. The van der Waals surface area contributed by atoms with E-state index in [9.17, 15) is 9.59 Å². The second-order valence-corrected chi connectivity index (χ2v) is 6.48. The first-order chi connectivity index (χ1) is 10.1. The third-order valence-electron chi connectivity index (χ3n) is 3.92. The van der Waals surface area contributed by atoms with E-state index >= 15 is 0 Å². The lowest BCUT2D eigenvalue weighted by Crippen LogP contribution is -2.30. The first-order valence-corrected chi connectivity index (χ1v) is 8.60. The number of fused-ring (bicyclic) bond motifs is 1. The molecule has 0 aromatic heterocycles. The first kappa shape index (κ1) is 16.2. The molecule has 0 radical (unpaired) electrons. The summed E-state index contributed by atoms with van der Waals surface area (Å²) in [5, 5.41) is 0. The average molecular weight is 352 g/mol. The number of amides is 1. The van der Waals surface area contributed by atoms with Gasteiger partial charge in [-0.25, -0.2) is 0 Å². The van der Waals surface area contributed by atoms with E-state index in [0.717, 1.165) is 23.0 Å². The van der Waals surface area contributed by atoms with Gasteiger partial charge >= 0.3 is 0 Å². The maximum absolute atomic E-state index is 12.0. The zero-order valence-electron chi connectivity index (χ0n) is 12.5. The molecule has 2 rings (SSSR count). The van der Waals surface area contributed by atoms with Crippen LogP contribution in [0.15, 0.2) is 22.7 Å². The fourth-order valence-corrected chi connectivity index (χ4v) is 3.08. The Balaban J connectivity index is 1.84. The molecule has 0 fully saturated rings. The molecule has 21 heavy (non-hydrogen) atoms. The van der Waals surface area contributed by atoms with Crippen LogP contribution in [0.25, 0.3) is 0 Å². The Morgan fingerprint density at radius 2 is 1.67 bits per heavy atom. The topological polar surface area (TPSA) is 37.4 Å². The van der Waals surface area contributed by atoms with Gasteiger partial charge in [0.15, 0.2) is 0 Å². The zero-order chi connectivity index (χ0) is 15.2. The number of carbonyl (C=O) groups excluding carboxylic acids is 2. The van der Waals surface area contributed by atoms with Crippen molar-refractivity contribution >= 4 is 33.3 Å². The van der Waals surface area contributed by atoms with Crippen LogP contribution < -0.4 is 4.90 Å². The van der Waals surface area contributed by atoms with Gasteiger partial charge in [0.05, 0.1) is 11.3 Å². The van der Waals surface area contributed by atoms with Crippen LogP contribution in [0.4, 0.5) is 5.69 Å². The van der Waals surface area contributed by atoms with Gasteiger partial charge in [-0.2, -0.15) is 0 Å². The van der Waals surface area contributed by atoms with Crippen LogP contribution >= 0.6 is 15.9 Å². The monoisotopic (exact) mass is 351 g/mol. The summed E-state index contributed by atoms with van der Waals surface area (Å²) in [5.41, 5.74) is 1.29. The Kier molecular flexibility index (Phi) is 5.97. The molecule has 1 aliphatic heterocycles. The Morgan fingerprint density at radius 1 is 1.00 bits per heavy atom. The summed E-state index contributed by atoms with van der Waals surface area (Å²) < 4.78 is 0.833. The highest BCUT2D eigenvalue weighted by Gasteiger charge is 2.35. The first-order valence-electron chi connectivity index (χ1n) is 7.81. The molecule has 0 saturated carbocycles. The van der Waals surface area contributed by atoms with Crippen molar-refractivity contribution < 1.29 is 9.59 Å². The maximum Gasteiger partial charge on any atom is 0.299 e. The molecule has 0 saturated heterocycles. The molecule has 1 amide bonds. The predicted octanol–water partition coefficient (Wildman–Crippen LogP) is 4.73. The van der Waals surface area contributed by atoms with Crippen LogP contribution in [0.3, 0.4) is 0 Å². The van der Waals surface area contributed by atoms with E-state index in [1.807, 2.05) is 12.1 Å². The van der Waals surface area contributed by atoms with Crippen molar-refractivity contribution in [2.24, 2.45) is 0 Å². The molecule has 3 nitrogen and oxygen atoms in total. The number of benzene rings is 1. The quantitative estimate of drug-likeness (QED) is 0.501. The van der Waals surface area contributed by atoms with Crippen LogP contribution in [-0.2, 0) is 4.79 Å². The van der Waals surface area contributed by atoms with Crippen LogP contribution in [-0.4, -0.2) is 18.2 Å². The van der Waals surface area contributed by atoms with Gasteiger partial charge in [0, 0.05) is 11.0 Å². The van der Waals surface area contributed by atoms with Gasteiger partial charge in [-0.1, -0.05) is 61.4 Å².